The van der Waals surface area contributed by atoms with E-state index in [1.165, 1.54) is 21.3 Å². The fraction of sp³-hybridized carbons (Fsp3) is 0.286. The van der Waals surface area contributed by atoms with Gasteiger partial charge < -0.3 is 24.8 Å². The average molecular weight is 448 g/mol. The molecule has 3 rings (SSSR count). The lowest BCUT2D eigenvalue weighted by atomic mass is 9.92. The highest BCUT2D eigenvalue weighted by atomic mass is 35.5. The lowest BCUT2D eigenvalue weighted by molar-refractivity contribution is -0.133. The van der Waals surface area contributed by atoms with Crippen molar-refractivity contribution in [1.82, 2.24) is 10.2 Å². The molecular formula is C21H22ClN3O6. The Morgan fingerprint density at radius 3 is 2.16 bits per heavy atom. The maximum atomic E-state index is 13.0. The van der Waals surface area contributed by atoms with Crippen LogP contribution in [0.15, 0.2) is 36.4 Å². The van der Waals surface area contributed by atoms with Crippen LogP contribution in [0.25, 0.3) is 0 Å². The normalized spacial score (nSPS) is 17.9. The van der Waals surface area contributed by atoms with E-state index in [1.54, 1.807) is 43.3 Å². The Morgan fingerprint density at radius 1 is 1.06 bits per heavy atom. The highest BCUT2D eigenvalue weighted by Crippen LogP contribution is 2.40. The summed E-state index contributed by atoms with van der Waals surface area (Å²) in [5.74, 6) is -0.0428. The predicted molar refractivity (Wildman–Crippen MR) is 114 cm³/mol. The van der Waals surface area contributed by atoms with E-state index in [-0.39, 0.29) is 0 Å². The maximum absolute atomic E-state index is 13.0. The van der Waals surface area contributed by atoms with Crippen molar-refractivity contribution < 1.29 is 28.6 Å². The Hall–Kier alpha value is -3.46. The molecule has 0 spiro atoms. The Labute approximate surface area is 184 Å². The average Bonchev–Trinajstić information content (AvgIpc) is 2.97. The van der Waals surface area contributed by atoms with Crippen LogP contribution in [-0.4, -0.2) is 50.6 Å². The standard InChI is InChI=1S/C21H22ClN3O6/c1-21(12-5-7-13(22)8-6-12)19(27)25(20(28)24-21)11-17(26)23-14-9-15(29-2)18(31-4)16(10-14)30-3/h5-10H,11H2,1-4H3,(H,23,26)(H,24,28)/t21-/m0/s1. The molecule has 0 aromatic heterocycles. The molecule has 1 aliphatic rings. The molecule has 1 heterocycles. The minimum Gasteiger partial charge on any atom is -0.493 e. The number of urea groups is 1. The Bertz CT molecular complexity index is 1000. The fourth-order valence-electron chi connectivity index (χ4n) is 3.32. The van der Waals surface area contributed by atoms with Crippen molar-refractivity contribution in [1.29, 1.82) is 0 Å². The summed E-state index contributed by atoms with van der Waals surface area (Å²) in [7, 11) is 4.37. The lowest BCUT2D eigenvalue weighted by Crippen LogP contribution is -2.42. The van der Waals surface area contributed by atoms with Crippen molar-refractivity contribution in [2.24, 2.45) is 0 Å². The van der Waals surface area contributed by atoms with Gasteiger partial charge in [0.25, 0.3) is 5.91 Å². The van der Waals surface area contributed by atoms with Gasteiger partial charge in [-0.1, -0.05) is 23.7 Å². The summed E-state index contributed by atoms with van der Waals surface area (Å²) in [5.41, 5.74) is -0.385. The summed E-state index contributed by atoms with van der Waals surface area (Å²) >= 11 is 5.90. The third kappa shape index (κ3) is 4.22. The Morgan fingerprint density at radius 2 is 1.65 bits per heavy atom. The molecule has 0 aliphatic carbocycles. The number of nitrogens with one attached hydrogen (secondary N) is 2. The number of carbonyl (C=O) groups excluding carboxylic acids is 3. The number of rotatable bonds is 7. The van der Waals surface area contributed by atoms with E-state index in [1.807, 2.05) is 0 Å². The van der Waals surface area contributed by atoms with Gasteiger partial charge in [-0.25, -0.2) is 4.79 Å². The van der Waals surface area contributed by atoms with Crippen molar-refractivity contribution in [3.8, 4) is 17.2 Å². The number of hydrogen-bond donors (Lipinski definition) is 2. The van der Waals surface area contributed by atoms with Crippen LogP contribution in [0, 0.1) is 0 Å². The van der Waals surface area contributed by atoms with Gasteiger partial charge in [0.1, 0.15) is 12.1 Å². The van der Waals surface area contributed by atoms with E-state index in [2.05, 4.69) is 10.6 Å². The number of anilines is 1. The first kappa shape index (κ1) is 22.2. The molecular weight excluding hydrogens is 426 g/mol. The van der Waals surface area contributed by atoms with E-state index in [0.717, 1.165) is 4.90 Å². The zero-order valence-electron chi connectivity index (χ0n) is 17.4. The van der Waals surface area contributed by atoms with Gasteiger partial charge in [-0.3, -0.25) is 14.5 Å². The van der Waals surface area contributed by atoms with Crippen LogP contribution in [0.4, 0.5) is 10.5 Å². The van der Waals surface area contributed by atoms with Crippen LogP contribution < -0.4 is 24.8 Å². The number of ether oxygens (including phenoxy) is 3. The van der Waals surface area contributed by atoms with E-state index in [9.17, 15) is 14.4 Å². The summed E-state index contributed by atoms with van der Waals surface area (Å²) in [6, 6.07) is 8.98. The van der Waals surface area contributed by atoms with Crippen molar-refractivity contribution >= 4 is 35.1 Å². The van der Waals surface area contributed by atoms with Gasteiger partial charge in [0.2, 0.25) is 11.7 Å². The van der Waals surface area contributed by atoms with Crippen LogP contribution in [0.3, 0.4) is 0 Å². The van der Waals surface area contributed by atoms with Crippen molar-refractivity contribution in [3.05, 3.63) is 47.0 Å². The topological polar surface area (TPSA) is 106 Å². The number of hydrogen-bond acceptors (Lipinski definition) is 6. The van der Waals surface area contributed by atoms with Crippen LogP contribution in [0.5, 0.6) is 17.2 Å². The number of halogens is 1. The molecule has 2 aromatic carbocycles. The van der Waals surface area contributed by atoms with Gasteiger partial charge >= 0.3 is 6.03 Å². The number of amides is 4. The molecule has 1 saturated heterocycles. The number of carbonyl (C=O) groups is 3. The Balaban J connectivity index is 1.77. The van der Waals surface area contributed by atoms with Crippen molar-refractivity contribution in [2.45, 2.75) is 12.5 Å². The first-order chi connectivity index (χ1) is 14.7. The quantitative estimate of drug-likeness (QED) is 0.632. The van der Waals surface area contributed by atoms with E-state index in [4.69, 9.17) is 25.8 Å². The smallest absolute Gasteiger partial charge is 0.325 e. The van der Waals surface area contributed by atoms with E-state index in [0.29, 0.717) is 33.5 Å². The summed E-state index contributed by atoms with van der Waals surface area (Å²) in [6.45, 7) is 1.11. The minimum atomic E-state index is -1.30. The molecule has 1 atom stereocenters. The third-order valence-corrected chi connectivity index (χ3v) is 5.20. The molecule has 10 heteroatoms. The predicted octanol–water partition coefficient (Wildman–Crippen LogP) is 2.77. The summed E-state index contributed by atoms with van der Waals surface area (Å²) in [5, 5.41) is 5.79. The molecule has 31 heavy (non-hydrogen) atoms. The molecule has 0 unspecified atom stereocenters. The largest absolute Gasteiger partial charge is 0.493 e. The van der Waals surface area contributed by atoms with Crippen molar-refractivity contribution in [3.63, 3.8) is 0 Å². The number of nitrogens with zero attached hydrogens (tertiary/aromatic N) is 1. The van der Waals surface area contributed by atoms with Gasteiger partial charge in [0, 0.05) is 22.8 Å². The molecule has 0 radical (unpaired) electrons. The van der Waals surface area contributed by atoms with Crippen LogP contribution >= 0.6 is 11.6 Å². The zero-order valence-corrected chi connectivity index (χ0v) is 18.2. The second-order valence-corrected chi connectivity index (χ2v) is 7.35. The minimum absolute atomic E-state index is 0.349. The SMILES string of the molecule is COc1cc(NC(=O)CN2C(=O)N[C@@](C)(c3ccc(Cl)cc3)C2=O)cc(OC)c1OC. The number of benzene rings is 2. The van der Waals surface area contributed by atoms with Gasteiger partial charge in [0.15, 0.2) is 11.5 Å². The molecule has 9 nitrogen and oxygen atoms in total. The Kier molecular flexibility index (Phi) is 6.26. The fourth-order valence-corrected chi connectivity index (χ4v) is 3.44. The maximum Gasteiger partial charge on any atom is 0.325 e. The van der Waals surface area contributed by atoms with Gasteiger partial charge in [-0.2, -0.15) is 0 Å². The molecule has 1 aliphatic heterocycles. The molecule has 1 fully saturated rings. The first-order valence-corrected chi connectivity index (χ1v) is 9.61. The third-order valence-electron chi connectivity index (χ3n) is 4.95. The highest BCUT2D eigenvalue weighted by molar-refractivity contribution is 6.30. The number of imide groups is 1. The van der Waals surface area contributed by atoms with Crippen LogP contribution in [-0.2, 0) is 15.1 Å². The molecule has 0 saturated carbocycles. The van der Waals surface area contributed by atoms with Crippen molar-refractivity contribution in [2.75, 3.05) is 33.2 Å². The highest BCUT2D eigenvalue weighted by Gasteiger charge is 2.49. The summed E-state index contributed by atoms with van der Waals surface area (Å²) in [4.78, 5) is 38.9. The lowest BCUT2D eigenvalue weighted by Gasteiger charge is -2.22. The van der Waals surface area contributed by atoms with E-state index >= 15 is 0 Å². The second-order valence-electron chi connectivity index (χ2n) is 6.92. The van der Waals surface area contributed by atoms with Gasteiger partial charge in [-0.15, -0.1) is 0 Å². The van der Waals surface area contributed by atoms with Gasteiger partial charge in [0.05, 0.1) is 21.3 Å². The molecule has 2 aromatic rings. The molecule has 4 amide bonds. The summed E-state index contributed by atoms with van der Waals surface area (Å²) in [6.07, 6.45) is 0. The van der Waals surface area contributed by atoms with E-state index < -0.39 is 29.9 Å². The molecule has 164 valence electrons. The molecule has 2 N–H and O–H groups in total. The zero-order chi connectivity index (χ0) is 22.8. The monoisotopic (exact) mass is 447 g/mol. The second kappa shape index (κ2) is 8.73. The summed E-state index contributed by atoms with van der Waals surface area (Å²) < 4.78 is 15.8. The first-order valence-electron chi connectivity index (χ1n) is 9.23. The van der Waals surface area contributed by atoms with Crippen LogP contribution in [0.2, 0.25) is 5.02 Å². The number of methoxy groups -OCH3 is 3. The van der Waals surface area contributed by atoms with Crippen LogP contribution in [0.1, 0.15) is 12.5 Å². The molecule has 0 bridgehead atoms. The van der Waals surface area contributed by atoms with Gasteiger partial charge in [-0.05, 0) is 24.6 Å².